The van der Waals surface area contributed by atoms with E-state index >= 15 is 0 Å². The molecule has 0 heterocycles. The van der Waals surface area contributed by atoms with Crippen molar-refractivity contribution in [3.05, 3.63) is 21.1 Å². The van der Waals surface area contributed by atoms with Crippen molar-refractivity contribution in [2.75, 3.05) is 0 Å². The van der Waals surface area contributed by atoms with Gasteiger partial charge in [0.05, 0.1) is 4.83 Å². The molecular formula is C7H5Br3O2. The molecule has 0 amide bonds. The SMILES string of the molecule is O=C(O)C1C(Br)=CC(Br)=CC1Br. The Balaban J connectivity index is 2.94. The fourth-order valence-corrected chi connectivity index (χ4v) is 4.00. The van der Waals surface area contributed by atoms with Crippen LogP contribution in [0.5, 0.6) is 0 Å². The maximum absolute atomic E-state index is 10.7. The minimum Gasteiger partial charge on any atom is -0.481 e. The molecule has 0 bridgehead atoms. The van der Waals surface area contributed by atoms with Crippen molar-refractivity contribution in [3.8, 4) is 0 Å². The van der Waals surface area contributed by atoms with Gasteiger partial charge in [-0.15, -0.1) is 0 Å². The van der Waals surface area contributed by atoms with E-state index in [4.69, 9.17) is 5.11 Å². The Morgan fingerprint density at radius 3 is 2.50 bits per heavy atom. The molecule has 0 aliphatic heterocycles. The number of carboxylic acid groups (broad SMARTS) is 1. The molecule has 0 aromatic rings. The van der Waals surface area contributed by atoms with Crippen LogP contribution in [0.25, 0.3) is 0 Å². The van der Waals surface area contributed by atoms with Crippen molar-refractivity contribution in [1.82, 2.24) is 0 Å². The van der Waals surface area contributed by atoms with Crippen molar-refractivity contribution < 1.29 is 9.90 Å². The smallest absolute Gasteiger partial charge is 0.313 e. The molecule has 2 nitrogen and oxygen atoms in total. The van der Waals surface area contributed by atoms with Crippen LogP contribution >= 0.6 is 47.8 Å². The number of alkyl halides is 1. The summed E-state index contributed by atoms with van der Waals surface area (Å²) < 4.78 is 1.56. The fourth-order valence-electron chi connectivity index (χ4n) is 0.924. The first-order valence-corrected chi connectivity index (χ1v) is 5.64. The Morgan fingerprint density at radius 1 is 1.50 bits per heavy atom. The second-order valence-corrected chi connectivity index (χ2v) is 5.23. The van der Waals surface area contributed by atoms with Crippen LogP contribution in [-0.2, 0) is 4.79 Å². The predicted molar refractivity (Wildman–Crippen MR) is 57.9 cm³/mol. The highest BCUT2D eigenvalue weighted by Gasteiger charge is 2.30. The van der Waals surface area contributed by atoms with Crippen LogP contribution in [0.4, 0.5) is 0 Å². The van der Waals surface area contributed by atoms with Crippen molar-refractivity contribution in [2.45, 2.75) is 4.83 Å². The van der Waals surface area contributed by atoms with Gasteiger partial charge < -0.3 is 5.11 Å². The van der Waals surface area contributed by atoms with Gasteiger partial charge in [0.1, 0.15) is 5.92 Å². The summed E-state index contributed by atoms with van der Waals surface area (Å²) >= 11 is 9.77. The third-order valence-electron chi connectivity index (χ3n) is 1.48. The van der Waals surface area contributed by atoms with Gasteiger partial charge in [0.25, 0.3) is 0 Å². The summed E-state index contributed by atoms with van der Waals surface area (Å²) in [6, 6.07) is 0. The molecule has 0 saturated heterocycles. The van der Waals surface area contributed by atoms with Crippen LogP contribution in [-0.4, -0.2) is 15.9 Å². The maximum atomic E-state index is 10.7. The van der Waals surface area contributed by atoms with Crippen LogP contribution < -0.4 is 0 Å². The van der Waals surface area contributed by atoms with Crippen molar-refractivity contribution in [2.24, 2.45) is 5.92 Å². The highest BCUT2D eigenvalue weighted by molar-refractivity contribution is 9.12. The second-order valence-electron chi connectivity index (χ2n) is 2.34. The zero-order chi connectivity index (χ0) is 9.30. The molecule has 1 rings (SSSR count). The van der Waals surface area contributed by atoms with Gasteiger partial charge in [-0.05, 0) is 6.08 Å². The Hall–Kier alpha value is 0.390. The Labute approximate surface area is 95.1 Å². The largest absolute Gasteiger partial charge is 0.481 e. The Kier molecular flexibility index (Phi) is 3.55. The third-order valence-corrected chi connectivity index (χ3v) is 3.48. The number of aliphatic carboxylic acids is 1. The number of halogens is 3. The number of carboxylic acids is 1. The summed E-state index contributed by atoms with van der Waals surface area (Å²) in [4.78, 5) is 10.6. The van der Waals surface area contributed by atoms with Crippen LogP contribution in [0.15, 0.2) is 21.1 Å². The third kappa shape index (κ3) is 2.20. The Bertz CT molecular complexity index is 270. The highest BCUT2D eigenvalue weighted by atomic mass is 79.9. The van der Waals surface area contributed by atoms with E-state index in [1.54, 1.807) is 6.08 Å². The van der Waals surface area contributed by atoms with Gasteiger partial charge in [0.2, 0.25) is 0 Å². The minimum absolute atomic E-state index is 0.163. The van der Waals surface area contributed by atoms with Gasteiger partial charge in [-0.2, -0.15) is 0 Å². The van der Waals surface area contributed by atoms with E-state index < -0.39 is 11.9 Å². The normalized spacial score (nSPS) is 29.2. The van der Waals surface area contributed by atoms with Crippen molar-refractivity contribution >= 4 is 53.8 Å². The summed E-state index contributed by atoms with van der Waals surface area (Å²) in [6.07, 6.45) is 3.56. The average molecular weight is 361 g/mol. The molecule has 0 radical (unpaired) electrons. The van der Waals surface area contributed by atoms with Gasteiger partial charge in [-0.25, -0.2) is 0 Å². The van der Waals surface area contributed by atoms with Crippen LogP contribution in [0.3, 0.4) is 0 Å². The number of rotatable bonds is 1. The number of hydrogen-bond donors (Lipinski definition) is 1. The van der Waals surface area contributed by atoms with Crippen LogP contribution in [0, 0.1) is 5.92 Å². The lowest BCUT2D eigenvalue weighted by Gasteiger charge is -2.19. The van der Waals surface area contributed by atoms with E-state index in [0.29, 0.717) is 4.48 Å². The molecule has 1 aliphatic rings. The van der Waals surface area contributed by atoms with E-state index in [-0.39, 0.29) is 4.83 Å². The van der Waals surface area contributed by atoms with E-state index in [9.17, 15) is 4.79 Å². The fraction of sp³-hybridized carbons (Fsp3) is 0.286. The molecule has 12 heavy (non-hydrogen) atoms. The summed E-state index contributed by atoms with van der Waals surface area (Å²) in [5.74, 6) is -1.36. The molecule has 66 valence electrons. The first-order valence-electron chi connectivity index (χ1n) is 3.13. The molecule has 0 aromatic heterocycles. The van der Waals surface area contributed by atoms with Crippen molar-refractivity contribution in [3.63, 3.8) is 0 Å². The van der Waals surface area contributed by atoms with E-state index in [0.717, 1.165) is 4.48 Å². The lowest BCUT2D eigenvalue weighted by Crippen LogP contribution is -2.24. The predicted octanol–water partition coefficient (Wildman–Crippen LogP) is 3.02. The quantitative estimate of drug-likeness (QED) is 0.730. The first-order chi connectivity index (χ1) is 5.52. The lowest BCUT2D eigenvalue weighted by molar-refractivity contribution is -0.139. The molecule has 0 aromatic carbocycles. The van der Waals surface area contributed by atoms with Crippen LogP contribution in [0.2, 0.25) is 0 Å². The summed E-state index contributed by atoms with van der Waals surface area (Å²) in [5, 5.41) is 8.82. The first kappa shape index (κ1) is 10.5. The molecule has 0 spiro atoms. The van der Waals surface area contributed by atoms with Crippen molar-refractivity contribution in [1.29, 1.82) is 0 Å². The zero-order valence-electron chi connectivity index (χ0n) is 5.80. The topological polar surface area (TPSA) is 37.3 Å². The molecule has 1 N–H and O–H groups in total. The molecule has 2 unspecified atom stereocenters. The number of carbonyl (C=O) groups is 1. The van der Waals surface area contributed by atoms with Gasteiger partial charge >= 0.3 is 5.97 Å². The highest BCUT2D eigenvalue weighted by Crippen LogP contribution is 2.34. The van der Waals surface area contributed by atoms with E-state index in [2.05, 4.69) is 47.8 Å². The summed E-state index contributed by atoms with van der Waals surface area (Å²) in [7, 11) is 0. The summed E-state index contributed by atoms with van der Waals surface area (Å²) in [6.45, 7) is 0. The molecule has 0 fully saturated rings. The van der Waals surface area contributed by atoms with Gasteiger partial charge in [0.15, 0.2) is 0 Å². The average Bonchev–Trinajstić information content (AvgIpc) is 1.82. The number of hydrogen-bond acceptors (Lipinski definition) is 1. The van der Waals surface area contributed by atoms with Crippen LogP contribution in [0.1, 0.15) is 0 Å². The standard InChI is InChI=1S/C7H5Br3O2/c8-3-1-4(9)6(7(11)12)5(10)2-3/h1-2,4,6H,(H,11,12). The Morgan fingerprint density at radius 2 is 2.08 bits per heavy atom. The van der Waals surface area contributed by atoms with E-state index in [1.165, 1.54) is 0 Å². The molecule has 5 heteroatoms. The summed E-state index contributed by atoms with van der Waals surface area (Å²) in [5.41, 5.74) is 0. The van der Waals surface area contributed by atoms with Gasteiger partial charge in [-0.1, -0.05) is 53.9 Å². The van der Waals surface area contributed by atoms with Gasteiger partial charge in [-0.3, -0.25) is 4.79 Å². The van der Waals surface area contributed by atoms with Gasteiger partial charge in [0, 0.05) is 8.96 Å². The molecule has 1 aliphatic carbocycles. The monoisotopic (exact) mass is 358 g/mol. The lowest BCUT2D eigenvalue weighted by atomic mass is 10.0. The minimum atomic E-state index is -0.837. The molecular weight excluding hydrogens is 356 g/mol. The molecule has 0 saturated carbocycles. The number of allylic oxidation sites excluding steroid dienone is 3. The second kappa shape index (κ2) is 4.07. The zero-order valence-corrected chi connectivity index (χ0v) is 10.6. The maximum Gasteiger partial charge on any atom is 0.313 e. The molecule has 2 atom stereocenters. The van der Waals surface area contributed by atoms with E-state index in [1.807, 2.05) is 6.08 Å².